The van der Waals surface area contributed by atoms with Crippen molar-refractivity contribution in [1.29, 1.82) is 0 Å². The van der Waals surface area contributed by atoms with E-state index in [2.05, 4.69) is 6.07 Å². The molecule has 4 N–H and O–H groups in total. The zero-order valence-electron chi connectivity index (χ0n) is 10.4. The number of nitrogens with one attached hydrogen (secondary N) is 2. The van der Waals surface area contributed by atoms with Gasteiger partial charge in [0.05, 0.1) is 0 Å². The van der Waals surface area contributed by atoms with Gasteiger partial charge in [-0.3, -0.25) is 4.79 Å². The number of quaternary nitrogens is 2. The van der Waals surface area contributed by atoms with Crippen molar-refractivity contribution in [3.05, 3.63) is 34.9 Å². The lowest BCUT2D eigenvalue weighted by molar-refractivity contribution is -1.02. The van der Waals surface area contributed by atoms with Crippen molar-refractivity contribution >= 4 is 17.5 Å². The highest BCUT2D eigenvalue weighted by Gasteiger charge is 2.23. The molecule has 5 heteroatoms. The normalized spacial score (nSPS) is 23.8. The van der Waals surface area contributed by atoms with Crippen molar-refractivity contribution < 1.29 is 14.6 Å². The van der Waals surface area contributed by atoms with Crippen LogP contribution in [0.5, 0.6) is 0 Å². The van der Waals surface area contributed by atoms with Crippen molar-refractivity contribution in [2.75, 3.05) is 32.7 Å². The molecule has 98 valence electrons. The Bertz CT molecular complexity index is 416. The standard InChI is InChI=1S/C13H18ClN3O/c14-12-3-1-2-11(8-12)9-16-4-6-17(7-5-16)10-13(15)18/h1-3,8H,4-7,9-10H2,(H2,15,18)/p+2. The number of halogens is 1. The van der Waals surface area contributed by atoms with Crippen LogP contribution >= 0.6 is 11.6 Å². The van der Waals surface area contributed by atoms with Gasteiger partial charge in [-0.15, -0.1) is 0 Å². The van der Waals surface area contributed by atoms with Crippen LogP contribution in [0.1, 0.15) is 5.56 Å². The van der Waals surface area contributed by atoms with E-state index in [4.69, 9.17) is 17.3 Å². The number of rotatable bonds is 4. The molecule has 18 heavy (non-hydrogen) atoms. The summed E-state index contributed by atoms with van der Waals surface area (Å²) in [7, 11) is 0. The van der Waals surface area contributed by atoms with Gasteiger partial charge in [-0.1, -0.05) is 23.7 Å². The summed E-state index contributed by atoms with van der Waals surface area (Å²) in [6.07, 6.45) is 0. The second kappa shape index (κ2) is 6.18. The summed E-state index contributed by atoms with van der Waals surface area (Å²) in [5.41, 5.74) is 6.49. The number of nitrogens with two attached hydrogens (primary N) is 1. The molecule has 1 aliphatic rings. The van der Waals surface area contributed by atoms with Crippen LogP contribution < -0.4 is 15.5 Å². The molecule has 0 saturated carbocycles. The van der Waals surface area contributed by atoms with Crippen LogP contribution in [-0.2, 0) is 11.3 Å². The Morgan fingerprint density at radius 3 is 2.50 bits per heavy atom. The molecule has 0 aromatic heterocycles. The van der Waals surface area contributed by atoms with Gasteiger partial charge in [0.25, 0.3) is 5.91 Å². The number of carbonyl (C=O) groups is 1. The topological polar surface area (TPSA) is 52.0 Å². The monoisotopic (exact) mass is 269 g/mol. The third-order valence-electron chi connectivity index (χ3n) is 3.43. The van der Waals surface area contributed by atoms with E-state index in [-0.39, 0.29) is 5.91 Å². The zero-order valence-corrected chi connectivity index (χ0v) is 11.2. The third kappa shape index (κ3) is 3.98. The zero-order chi connectivity index (χ0) is 13.0. The van der Waals surface area contributed by atoms with Gasteiger partial charge in [-0.05, 0) is 12.1 Å². The molecule has 1 aromatic rings. The lowest BCUT2D eigenvalue weighted by atomic mass is 10.2. The smallest absolute Gasteiger partial charge is 0.272 e. The molecule has 0 atom stereocenters. The Kier molecular flexibility index (Phi) is 4.58. The van der Waals surface area contributed by atoms with Crippen molar-refractivity contribution in [2.45, 2.75) is 6.54 Å². The minimum absolute atomic E-state index is 0.205. The largest absolute Gasteiger partial charge is 0.365 e. The summed E-state index contributed by atoms with van der Waals surface area (Å²) in [5.74, 6) is -0.205. The van der Waals surface area contributed by atoms with Crippen LogP contribution in [0.25, 0.3) is 0 Å². The van der Waals surface area contributed by atoms with Gasteiger partial charge in [-0.25, -0.2) is 0 Å². The summed E-state index contributed by atoms with van der Waals surface area (Å²) >= 11 is 5.98. The molecule has 0 radical (unpaired) electrons. The number of carbonyl (C=O) groups excluding carboxylic acids is 1. The van der Waals surface area contributed by atoms with E-state index >= 15 is 0 Å². The van der Waals surface area contributed by atoms with Crippen LogP contribution in [0.3, 0.4) is 0 Å². The number of piperazine rings is 1. The van der Waals surface area contributed by atoms with Crippen LogP contribution in [0.2, 0.25) is 5.02 Å². The van der Waals surface area contributed by atoms with E-state index in [0.717, 1.165) is 37.7 Å². The Labute approximate surface area is 112 Å². The van der Waals surface area contributed by atoms with Gasteiger partial charge >= 0.3 is 0 Å². The van der Waals surface area contributed by atoms with Crippen molar-refractivity contribution in [3.8, 4) is 0 Å². The minimum atomic E-state index is -0.205. The third-order valence-corrected chi connectivity index (χ3v) is 3.67. The summed E-state index contributed by atoms with van der Waals surface area (Å²) in [5, 5.41) is 0.796. The van der Waals surface area contributed by atoms with E-state index < -0.39 is 0 Å². The number of primary amides is 1. The van der Waals surface area contributed by atoms with Crippen molar-refractivity contribution in [3.63, 3.8) is 0 Å². The lowest BCUT2D eigenvalue weighted by Gasteiger charge is -2.29. The fourth-order valence-electron chi connectivity index (χ4n) is 2.49. The maximum absolute atomic E-state index is 10.9. The first-order valence-electron chi connectivity index (χ1n) is 6.33. The maximum atomic E-state index is 10.9. The maximum Gasteiger partial charge on any atom is 0.272 e. The molecule has 4 nitrogen and oxygen atoms in total. The quantitative estimate of drug-likeness (QED) is 0.588. The summed E-state index contributed by atoms with van der Waals surface area (Å²) in [6, 6.07) is 8.03. The molecule has 1 heterocycles. The summed E-state index contributed by atoms with van der Waals surface area (Å²) in [6.45, 7) is 5.65. The van der Waals surface area contributed by atoms with Crippen LogP contribution in [0.4, 0.5) is 0 Å². The lowest BCUT2D eigenvalue weighted by Crippen LogP contribution is -3.28. The highest BCUT2D eigenvalue weighted by atomic mass is 35.5. The molecule has 0 bridgehead atoms. The molecule has 0 aliphatic carbocycles. The fraction of sp³-hybridized carbons (Fsp3) is 0.462. The summed E-state index contributed by atoms with van der Waals surface area (Å²) in [4.78, 5) is 13.7. The van der Waals surface area contributed by atoms with Crippen LogP contribution in [0.15, 0.2) is 24.3 Å². The average molecular weight is 270 g/mol. The molecule has 0 unspecified atom stereocenters. The Morgan fingerprint density at radius 2 is 1.89 bits per heavy atom. The van der Waals surface area contributed by atoms with E-state index in [0.29, 0.717) is 6.54 Å². The van der Waals surface area contributed by atoms with Crippen LogP contribution in [0, 0.1) is 0 Å². The van der Waals surface area contributed by atoms with E-state index in [9.17, 15) is 4.79 Å². The molecule has 1 fully saturated rings. The Hall–Kier alpha value is -1.10. The van der Waals surface area contributed by atoms with Gasteiger partial charge < -0.3 is 15.5 Å². The first-order chi connectivity index (χ1) is 8.63. The summed E-state index contributed by atoms with van der Waals surface area (Å²) < 4.78 is 0. The molecule has 0 spiro atoms. The first-order valence-corrected chi connectivity index (χ1v) is 6.71. The molecule has 1 amide bonds. The molecular weight excluding hydrogens is 250 g/mol. The molecule has 2 rings (SSSR count). The van der Waals surface area contributed by atoms with E-state index in [1.807, 2.05) is 18.2 Å². The number of amides is 1. The molecule has 1 saturated heterocycles. The SMILES string of the molecule is NC(=O)C[NH+]1CC[NH+](Cc2cccc(Cl)c2)CC1. The van der Waals surface area contributed by atoms with Gasteiger partial charge in [0.15, 0.2) is 6.54 Å². The van der Waals surface area contributed by atoms with Gasteiger partial charge in [0, 0.05) is 10.6 Å². The molecule has 1 aromatic carbocycles. The fourth-order valence-corrected chi connectivity index (χ4v) is 2.71. The predicted octanol–water partition coefficient (Wildman–Crippen LogP) is -1.89. The average Bonchev–Trinajstić information content (AvgIpc) is 2.31. The number of benzene rings is 1. The highest BCUT2D eigenvalue weighted by molar-refractivity contribution is 6.30. The van der Waals surface area contributed by atoms with Crippen molar-refractivity contribution in [2.24, 2.45) is 5.73 Å². The second-order valence-corrected chi connectivity index (χ2v) is 5.39. The highest BCUT2D eigenvalue weighted by Crippen LogP contribution is 2.09. The van der Waals surface area contributed by atoms with Gasteiger partial charge in [-0.2, -0.15) is 0 Å². The van der Waals surface area contributed by atoms with E-state index in [1.165, 1.54) is 10.5 Å². The Morgan fingerprint density at radius 1 is 1.22 bits per heavy atom. The minimum Gasteiger partial charge on any atom is -0.365 e. The number of hydrogen-bond donors (Lipinski definition) is 3. The predicted molar refractivity (Wildman–Crippen MR) is 70.6 cm³/mol. The number of hydrogen-bond acceptors (Lipinski definition) is 1. The molecular formula is C13H20ClN3O+2. The van der Waals surface area contributed by atoms with Gasteiger partial charge in [0.1, 0.15) is 32.7 Å². The Balaban J connectivity index is 1.81. The van der Waals surface area contributed by atoms with E-state index in [1.54, 1.807) is 4.90 Å². The van der Waals surface area contributed by atoms with Crippen molar-refractivity contribution in [1.82, 2.24) is 0 Å². The van der Waals surface area contributed by atoms with Gasteiger partial charge in [0.2, 0.25) is 0 Å². The second-order valence-electron chi connectivity index (χ2n) is 4.95. The first kappa shape index (κ1) is 13.3. The van der Waals surface area contributed by atoms with Crippen LogP contribution in [-0.4, -0.2) is 38.6 Å². The molecule has 1 aliphatic heterocycles.